The molecule has 9 heteroatoms. The molecule has 0 saturated carbocycles. The number of aromatic nitrogens is 1. The summed E-state index contributed by atoms with van der Waals surface area (Å²) in [4.78, 5) is 35.4. The summed E-state index contributed by atoms with van der Waals surface area (Å²) in [5, 5.41) is 8.88. The van der Waals surface area contributed by atoms with E-state index in [0.29, 0.717) is 0 Å². The van der Waals surface area contributed by atoms with Gasteiger partial charge < -0.3 is 14.3 Å². The highest BCUT2D eigenvalue weighted by Gasteiger charge is 2.37. The summed E-state index contributed by atoms with van der Waals surface area (Å²) in [6.45, 7) is 3.16. The highest BCUT2D eigenvalue weighted by Crippen LogP contribution is 2.29. The molecule has 0 bridgehead atoms. The number of carbonyl (C=O) groups is 2. The monoisotopic (exact) mass is 324 g/mol. The number of oxazole rings is 1. The molecule has 1 fully saturated rings. The van der Waals surface area contributed by atoms with E-state index in [1.54, 1.807) is 13.8 Å². The van der Waals surface area contributed by atoms with Crippen molar-refractivity contribution < 1.29 is 28.2 Å². The van der Waals surface area contributed by atoms with Crippen molar-refractivity contribution in [2.24, 2.45) is 0 Å². The first-order valence-electron chi connectivity index (χ1n) is 6.85. The SMILES string of the molecule is CC(C)n1c(=O)oc2cc(N3C[C@H](C(=O)O)OC3=O)cc(F)c21. The molecule has 0 radical (unpaired) electrons. The van der Waals surface area contributed by atoms with E-state index in [1.165, 1.54) is 6.07 Å². The first-order valence-corrected chi connectivity index (χ1v) is 6.85. The fourth-order valence-corrected chi connectivity index (χ4v) is 2.53. The van der Waals surface area contributed by atoms with Gasteiger partial charge in [-0.2, -0.15) is 0 Å². The van der Waals surface area contributed by atoms with Gasteiger partial charge in [-0.05, 0) is 13.8 Å². The van der Waals surface area contributed by atoms with Crippen molar-refractivity contribution in [3.05, 3.63) is 28.5 Å². The lowest BCUT2D eigenvalue weighted by atomic mass is 10.2. The van der Waals surface area contributed by atoms with E-state index in [4.69, 9.17) is 9.52 Å². The molecule has 0 aliphatic carbocycles. The summed E-state index contributed by atoms with van der Waals surface area (Å²) in [7, 11) is 0. The van der Waals surface area contributed by atoms with Gasteiger partial charge in [0.05, 0.1) is 12.2 Å². The van der Waals surface area contributed by atoms with Crippen LogP contribution >= 0.6 is 0 Å². The highest BCUT2D eigenvalue weighted by atomic mass is 19.1. The van der Waals surface area contributed by atoms with E-state index < -0.39 is 29.7 Å². The Labute approximate surface area is 128 Å². The molecule has 2 heterocycles. The summed E-state index contributed by atoms with van der Waals surface area (Å²) in [5.74, 6) is -2.75. The molecule has 122 valence electrons. The largest absolute Gasteiger partial charge is 0.478 e. The number of anilines is 1. The van der Waals surface area contributed by atoms with Crippen LogP contribution in [0.2, 0.25) is 0 Å². The third-order valence-electron chi connectivity index (χ3n) is 3.56. The van der Waals surface area contributed by atoms with E-state index >= 15 is 0 Å². The molecule has 1 saturated heterocycles. The van der Waals surface area contributed by atoms with Crippen molar-refractivity contribution in [2.45, 2.75) is 26.0 Å². The van der Waals surface area contributed by atoms with Gasteiger partial charge in [0, 0.05) is 18.2 Å². The Bertz CT molecular complexity index is 868. The van der Waals surface area contributed by atoms with E-state index in [-0.39, 0.29) is 29.4 Å². The molecule has 2 aromatic rings. The lowest BCUT2D eigenvalue weighted by Crippen LogP contribution is -2.27. The summed E-state index contributed by atoms with van der Waals surface area (Å²) < 4.78 is 25.3. The number of rotatable bonds is 3. The van der Waals surface area contributed by atoms with Gasteiger partial charge in [0.1, 0.15) is 5.52 Å². The first-order chi connectivity index (χ1) is 10.8. The number of ether oxygens (including phenoxy) is 1. The fraction of sp³-hybridized carbons (Fsp3) is 0.357. The number of aliphatic carboxylic acids is 1. The summed E-state index contributed by atoms with van der Waals surface area (Å²) >= 11 is 0. The molecule has 1 N–H and O–H groups in total. The van der Waals surface area contributed by atoms with Gasteiger partial charge in [-0.25, -0.2) is 18.8 Å². The second-order valence-corrected chi connectivity index (χ2v) is 5.43. The predicted octanol–water partition coefficient (Wildman–Crippen LogP) is 1.72. The number of benzene rings is 1. The fourth-order valence-electron chi connectivity index (χ4n) is 2.53. The first kappa shape index (κ1) is 15.1. The second-order valence-electron chi connectivity index (χ2n) is 5.43. The molecule has 1 aromatic carbocycles. The van der Waals surface area contributed by atoms with Crippen LogP contribution in [0.4, 0.5) is 14.9 Å². The number of carbonyl (C=O) groups excluding carboxylic acids is 1. The van der Waals surface area contributed by atoms with E-state index in [1.807, 2.05) is 0 Å². The van der Waals surface area contributed by atoms with Crippen molar-refractivity contribution in [2.75, 3.05) is 11.4 Å². The van der Waals surface area contributed by atoms with Crippen molar-refractivity contribution in [1.82, 2.24) is 4.57 Å². The molecular formula is C14H13FN2O6. The molecule has 1 aliphatic heterocycles. The van der Waals surface area contributed by atoms with Gasteiger partial charge in [-0.15, -0.1) is 0 Å². The number of carboxylic acid groups (broad SMARTS) is 1. The second kappa shape index (κ2) is 5.11. The third-order valence-corrected chi connectivity index (χ3v) is 3.56. The molecule has 1 aromatic heterocycles. The van der Waals surface area contributed by atoms with Crippen LogP contribution in [0.25, 0.3) is 11.1 Å². The maximum atomic E-state index is 14.4. The molecule has 8 nitrogen and oxygen atoms in total. The Kier molecular flexibility index (Phi) is 3.35. The number of nitrogens with zero attached hydrogens (tertiary/aromatic N) is 2. The summed E-state index contributed by atoms with van der Waals surface area (Å²) in [6, 6.07) is 2.04. The topological polar surface area (TPSA) is 102 Å². The summed E-state index contributed by atoms with van der Waals surface area (Å²) in [6.07, 6.45) is -2.23. The Hall–Kier alpha value is -2.84. The van der Waals surface area contributed by atoms with Crippen molar-refractivity contribution in [3.63, 3.8) is 0 Å². The van der Waals surface area contributed by atoms with Gasteiger partial charge in [0.2, 0.25) is 6.10 Å². The number of hydrogen-bond donors (Lipinski definition) is 1. The van der Waals surface area contributed by atoms with E-state index in [2.05, 4.69) is 4.74 Å². The molecule has 1 atom stereocenters. The number of amides is 1. The Balaban J connectivity index is 2.09. The van der Waals surface area contributed by atoms with Crippen molar-refractivity contribution >= 4 is 28.8 Å². The lowest BCUT2D eigenvalue weighted by molar-refractivity contribution is -0.144. The average Bonchev–Trinajstić information content (AvgIpc) is 2.98. The van der Waals surface area contributed by atoms with E-state index in [9.17, 15) is 18.8 Å². The predicted molar refractivity (Wildman–Crippen MR) is 76.1 cm³/mol. The Morgan fingerprint density at radius 1 is 1.39 bits per heavy atom. The van der Waals surface area contributed by atoms with E-state index in [0.717, 1.165) is 15.5 Å². The van der Waals surface area contributed by atoms with Gasteiger partial charge in [0.15, 0.2) is 11.4 Å². The molecule has 3 rings (SSSR count). The standard InChI is InChI=1S/C14H13FN2O6/c1-6(2)17-11-8(15)3-7(4-9(11)22-14(17)21)16-5-10(12(18)19)23-13(16)20/h3-4,6,10H,5H2,1-2H3,(H,18,19)/t10-/m1/s1. The number of fused-ring (bicyclic) bond motifs is 1. The number of halogens is 1. The normalized spacial score (nSPS) is 18.0. The highest BCUT2D eigenvalue weighted by molar-refractivity contribution is 5.95. The zero-order valence-corrected chi connectivity index (χ0v) is 12.3. The quantitative estimate of drug-likeness (QED) is 0.922. The smallest absolute Gasteiger partial charge is 0.420 e. The molecule has 1 amide bonds. The van der Waals surface area contributed by atoms with Gasteiger partial charge in [0.25, 0.3) is 0 Å². The number of hydrogen-bond acceptors (Lipinski definition) is 5. The molecule has 23 heavy (non-hydrogen) atoms. The number of carboxylic acids is 1. The lowest BCUT2D eigenvalue weighted by Gasteiger charge is -2.13. The maximum Gasteiger partial charge on any atom is 0.420 e. The third kappa shape index (κ3) is 2.33. The Morgan fingerprint density at radius 2 is 2.09 bits per heavy atom. The zero-order valence-electron chi connectivity index (χ0n) is 12.3. The average molecular weight is 324 g/mol. The molecule has 0 spiro atoms. The zero-order chi connectivity index (χ0) is 16.9. The molecule has 1 aliphatic rings. The van der Waals surface area contributed by atoms with Gasteiger partial charge >= 0.3 is 17.8 Å². The van der Waals surface area contributed by atoms with Crippen LogP contribution in [0.3, 0.4) is 0 Å². The molecular weight excluding hydrogens is 311 g/mol. The molecule has 0 unspecified atom stereocenters. The van der Waals surface area contributed by atoms with Crippen LogP contribution in [0.15, 0.2) is 21.3 Å². The Morgan fingerprint density at radius 3 is 2.65 bits per heavy atom. The van der Waals surface area contributed by atoms with Crippen molar-refractivity contribution in [3.8, 4) is 0 Å². The van der Waals surface area contributed by atoms with Crippen LogP contribution in [0, 0.1) is 5.82 Å². The van der Waals surface area contributed by atoms with Crippen LogP contribution in [0.5, 0.6) is 0 Å². The van der Waals surface area contributed by atoms with Crippen molar-refractivity contribution in [1.29, 1.82) is 0 Å². The van der Waals surface area contributed by atoms with Gasteiger partial charge in [-0.1, -0.05) is 0 Å². The minimum atomic E-state index is -1.33. The van der Waals surface area contributed by atoms with Crippen LogP contribution in [-0.2, 0) is 9.53 Å². The summed E-state index contributed by atoms with van der Waals surface area (Å²) in [5.41, 5.74) is 0.0368. The van der Waals surface area contributed by atoms with Crippen LogP contribution < -0.4 is 10.7 Å². The van der Waals surface area contributed by atoms with Crippen LogP contribution in [0.1, 0.15) is 19.9 Å². The minimum absolute atomic E-state index is 0.00361. The van der Waals surface area contributed by atoms with Crippen LogP contribution in [-0.4, -0.2) is 34.4 Å². The van der Waals surface area contributed by atoms with Gasteiger partial charge in [-0.3, -0.25) is 9.47 Å². The minimum Gasteiger partial charge on any atom is -0.478 e. The number of cyclic esters (lactones) is 1. The maximum absolute atomic E-state index is 14.4.